The quantitative estimate of drug-likeness (QED) is 0.0237. The Kier molecular flexibility index (Phi) is 24.7. The molecule has 6 heterocycles. The van der Waals surface area contributed by atoms with Gasteiger partial charge in [-0.3, -0.25) is 24.0 Å². The Bertz CT molecular complexity index is 4000. The maximum Gasteiger partial charge on any atom is 0.510 e. The van der Waals surface area contributed by atoms with Crippen molar-refractivity contribution in [1.29, 1.82) is 0 Å². The number of nitrogens with two attached hydrogens (primary N) is 1. The van der Waals surface area contributed by atoms with E-state index in [4.69, 9.17) is 34.4 Å². The molecule has 0 saturated heterocycles. The summed E-state index contributed by atoms with van der Waals surface area (Å²) in [5.41, 5.74) is 8.83. The fourth-order valence-electron chi connectivity index (χ4n) is 11.2. The van der Waals surface area contributed by atoms with E-state index in [-0.39, 0.29) is 98.5 Å². The lowest BCUT2D eigenvalue weighted by atomic mass is 9.85. The number of nitrogens with one attached hydrogen (secondary N) is 1. The van der Waals surface area contributed by atoms with Crippen LogP contribution in [-0.2, 0) is 112 Å². The fraction of sp³-hybridized carbons (Fsp3) is 0.477. The van der Waals surface area contributed by atoms with Crippen molar-refractivity contribution in [2.75, 3.05) is 57.3 Å². The molecule has 1 amide bonds. The lowest BCUT2D eigenvalue weighted by Crippen LogP contribution is -2.47. The summed E-state index contributed by atoms with van der Waals surface area (Å²) >= 11 is 0. The summed E-state index contributed by atoms with van der Waals surface area (Å²) in [6, 6.07) is 15.2. The second-order valence-corrected chi connectivity index (χ2v) is 27.2. The molecule has 0 aliphatic carbocycles. The van der Waals surface area contributed by atoms with E-state index in [0.717, 1.165) is 22.8 Å². The number of hydrogen-bond acceptors (Lipinski definition) is 22. The predicted molar refractivity (Wildman–Crippen MR) is 342 cm³/mol. The van der Waals surface area contributed by atoms with Crippen molar-refractivity contribution in [2.24, 2.45) is 11.7 Å². The maximum absolute atomic E-state index is 14.4. The number of aromatic nitrogens is 7. The number of anilines is 1. The number of hydrogen-bond donors (Lipinski definition) is 2. The first-order valence-corrected chi connectivity index (χ1v) is 34.8. The van der Waals surface area contributed by atoms with Gasteiger partial charge in [0.2, 0.25) is 36.5 Å². The molecule has 498 valence electrons. The number of sulfonamides is 1. The monoisotopic (exact) mass is 1320 g/mol. The number of unbranched alkanes of at least 4 members (excludes halogenated alkanes) is 2. The Labute approximate surface area is 539 Å². The minimum absolute atomic E-state index is 0.104. The molecule has 0 spiro atoms. The molecule has 4 aromatic heterocycles. The number of amides is 1. The number of aryl methyl sites for hydroxylation is 1. The Hall–Kier alpha value is -8.28. The van der Waals surface area contributed by atoms with Gasteiger partial charge in [0.25, 0.3) is 5.56 Å². The van der Waals surface area contributed by atoms with Gasteiger partial charge in [-0.25, -0.2) is 46.1 Å². The molecule has 2 atom stereocenters. The molecule has 2 aromatic carbocycles. The number of carbonyl (C=O) groups excluding carboxylic acids is 6. The molecule has 3 N–H and O–H groups in total. The van der Waals surface area contributed by atoms with Gasteiger partial charge in [-0.2, -0.15) is 4.31 Å². The van der Waals surface area contributed by atoms with Gasteiger partial charge in [0.15, 0.2) is 11.6 Å². The van der Waals surface area contributed by atoms with E-state index in [1.54, 1.807) is 58.8 Å². The van der Waals surface area contributed by atoms with Crippen LogP contribution in [0.1, 0.15) is 130 Å². The van der Waals surface area contributed by atoms with Crippen LogP contribution in [0, 0.1) is 5.92 Å². The van der Waals surface area contributed by atoms with Crippen LogP contribution in [0.3, 0.4) is 0 Å². The Morgan fingerprint density at radius 3 is 2.33 bits per heavy atom. The van der Waals surface area contributed by atoms with E-state index in [1.807, 2.05) is 44.2 Å². The van der Waals surface area contributed by atoms with Gasteiger partial charge in [0.1, 0.15) is 32.2 Å². The van der Waals surface area contributed by atoms with E-state index in [2.05, 4.69) is 25.6 Å². The van der Waals surface area contributed by atoms with Crippen molar-refractivity contribution < 1.29 is 69.3 Å². The highest BCUT2D eigenvalue weighted by atomic mass is 32.2. The van der Waals surface area contributed by atoms with E-state index in [1.165, 1.54) is 23.0 Å². The molecule has 2 aliphatic rings. The minimum atomic E-state index is -3.54. The normalized spacial score (nSPS) is 14.9. The number of cyclic esters (lactones) is 1. The van der Waals surface area contributed by atoms with E-state index in [0.29, 0.717) is 130 Å². The molecular weight excluding hydrogens is 1240 g/mol. The van der Waals surface area contributed by atoms with Gasteiger partial charge < -0.3 is 39.3 Å². The van der Waals surface area contributed by atoms with E-state index < -0.39 is 55.0 Å². The summed E-state index contributed by atoms with van der Waals surface area (Å²) in [5, 5.41) is 11.7. The predicted octanol–water partition coefficient (Wildman–Crippen LogP) is 6.55. The summed E-state index contributed by atoms with van der Waals surface area (Å²) in [6.07, 6.45) is 14.1. The zero-order chi connectivity index (χ0) is 66.9. The smallest absolute Gasteiger partial charge is 0.457 e. The van der Waals surface area contributed by atoms with Crippen LogP contribution < -0.4 is 16.6 Å². The van der Waals surface area contributed by atoms with Gasteiger partial charge in [0.05, 0.1) is 54.1 Å². The van der Waals surface area contributed by atoms with Crippen molar-refractivity contribution in [2.45, 2.75) is 147 Å². The molecule has 28 heteroatoms. The first-order chi connectivity index (χ1) is 44.5. The number of ketones is 3. The van der Waals surface area contributed by atoms with Crippen LogP contribution in [0.4, 0.5) is 10.5 Å². The van der Waals surface area contributed by atoms with Crippen molar-refractivity contribution in [1.82, 2.24) is 38.8 Å². The number of Topliss-reactive ketones (excluding diaryl/α,β-unsaturated/α-hetero) is 3. The number of rotatable bonds is 37. The Balaban J connectivity index is 0.746. The molecule has 93 heavy (non-hydrogen) atoms. The van der Waals surface area contributed by atoms with Crippen molar-refractivity contribution >= 4 is 77.9 Å². The Morgan fingerprint density at radius 1 is 0.871 bits per heavy atom. The molecule has 0 fully saturated rings. The zero-order valence-electron chi connectivity index (χ0n) is 53.0. The number of benzene rings is 2. The Morgan fingerprint density at radius 2 is 1.61 bits per heavy atom. The molecule has 26 nitrogen and oxygen atoms in total. The first kappa shape index (κ1) is 70.6. The van der Waals surface area contributed by atoms with Crippen molar-refractivity contribution in [3.05, 3.63) is 129 Å². The number of para-hydroxylation sites is 1. The first-order valence-electron chi connectivity index (χ1n) is 31.0. The average molecular weight is 1320 g/mol. The largest absolute Gasteiger partial charge is 0.510 e. The van der Waals surface area contributed by atoms with Crippen LogP contribution in [0.15, 0.2) is 89.2 Å². The third kappa shape index (κ3) is 19.0. The highest BCUT2D eigenvalue weighted by Gasteiger charge is 2.51. The van der Waals surface area contributed by atoms with Gasteiger partial charge in [-0.1, -0.05) is 61.0 Å². The topological polar surface area (TPSA) is 350 Å². The second-order valence-electron chi connectivity index (χ2n) is 23.4. The summed E-state index contributed by atoms with van der Waals surface area (Å²) in [4.78, 5) is 106. The van der Waals surface area contributed by atoms with Crippen LogP contribution >= 0.6 is 0 Å². The highest BCUT2D eigenvalue weighted by Crippen LogP contribution is 2.42. The summed E-state index contributed by atoms with van der Waals surface area (Å²) in [7, 11) is -7.01. The third-order valence-corrected chi connectivity index (χ3v) is 18.4. The summed E-state index contributed by atoms with van der Waals surface area (Å²) in [5.74, 6) is -2.47. The van der Waals surface area contributed by atoms with Gasteiger partial charge in [0, 0.05) is 103 Å². The second kappa shape index (κ2) is 32.5. The van der Waals surface area contributed by atoms with Crippen molar-refractivity contribution in [3.63, 3.8) is 0 Å². The van der Waals surface area contributed by atoms with Crippen molar-refractivity contribution in [3.8, 4) is 11.4 Å². The third-order valence-electron chi connectivity index (χ3n) is 16.1. The number of allylic oxidation sites excluding steroid dienone is 1. The number of pyridine rings is 2. The SMILES string of the molecule is CC[C@@]1(OC(=O)OCc2ccc(NC(=O)[C@H](CCCCN)CC(=O)COCC(=O)CCCOCCn3cc(CCC(=O)CCC/C=C\c4cnc(S(C)(=O)=O)nc4)nn3)cc2)C(=O)OCc2c1cc1n(c2=O)Cc2c-1nc1ccccc1c2CCN(C(C)C)S(C)(=O)=O. The number of nitrogens with zero attached hydrogens (tertiary/aromatic N) is 8. The van der Waals surface area contributed by atoms with Gasteiger partial charge in [-0.15, -0.1) is 5.10 Å². The molecule has 0 bridgehead atoms. The van der Waals surface area contributed by atoms with Crippen LogP contribution in [0.2, 0.25) is 0 Å². The van der Waals surface area contributed by atoms with E-state index >= 15 is 0 Å². The number of carbonyl (C=O) groups is 6. The minimum Gasteiger partial charge on any atom is -0.457 e. The standard InChI is InChI=1S/C65H80N10O16S2/c1-6-65(56-34-58-59-54(38-74(58)61(80)55(56)42-89-62(65)81)52(53-19-10-11-20-57(53)70-59)27-29-75(43(2)3)93(5,85)86)91-64(82)90-39-44-21-23-47(24-22-44)69-60(79)46(16-12-13-28-66)33-51(78)41-88-40-50(77)18-14-31-87-32-30-73-37-48(71-72-73)25-26-49(76)17-9-7-8-15-45-35-67-63(68-36-45)92(4,83)84/h8,10-11,15,19-24,34-37,43,46H,6-7,9,12-14,16-18,25-33,38-42,66H2,1-5H3,(H,69,79)/b15-8-/t46-,65+/m1/s1. The van der Waals surface area contributed by atoms with E-state index in [9.17, 15) is 50.4 Å². The lowest BCUT2D eigenvalue weighted by Gasteiger charge is -2.35. The number of ether oxygens (including phenoxy) is 5. The van der Waals surface area contributed by atoms with Crippen LogP contribution in [0.5, 0.6) is 0 Å². The molecule has 0 radical (unpaired) electrons. The molecule has 0 unspecified atom stereocenters. The zero-order valence-corrected chi connectivity index (χ0v) is 54.6. The average Bonchev–Trinajstić information content (AvgIpc) is 1.65. The molecule has 2 aliphatic heterocycles. The summed E-state index contributed by atoms with van der Waals surface area (Å²) < 4.78 is 81.2. The molecule has 0 saturated carbocycles. The van der Waals surface area contributed by atoms with Crippen LogP contribution in [-0.4, -0.2) is 149 Å². The summed E-state index contributed by atoms with van der Waals surface area (Å²) in [6.45, 7) is 5.72. The lowest BCUT2D eigenvalue weighted by molar-refractivity contribution is -0.175. The number of sulfone groups is 1. The molecule has 8 rings (SSSR count). The molecule has 6 aromatic rings. The fourth-order valence-corrected chi connectivity index (χ4v) is 12.9. The molecular formula is C65H80N10O16S2. The van der Waals surface area contributed by atoms with Crippen LogP contribution in [0.25, 0.3) is 28.4 Å². The number of fused-ring (bicyclic) bond motifs is 5. The highest BCUT2D eigenvalue weighted by molar-refractivity contribution is 7.90. The maximum atomic E-state index is 14.4. The number of esters is 1. The van der Waals surface area contributed by atoms with Gasteiger partial charge >= 0.3 is 12.1 Å². The van der Waals surface area contributed by atoms with Gasteiger partial charge in [-0.05, 0) is 107 Å².